The van der Waals surface area contributed by atoms with E-state index >= 15 is 0 Å². The number of carbonyl (C=O) groups excluding carboxylic acids is 1. The third-order valence-electron chi connectivity index (χ3n) is 6.68. The number of para-hydroxylation sites is 2. The van der Waals surface area contributed by atoms with Gasteiger partial charge >= 0.3 is 5.97 Å². The molecule has 0 saturated heterocycles. The Morgan fingerprint density at radius 3 is 2.49 bits per heavy atom. The lowest BCUT2D eigenvalue weighted by Crippen LogP contribution is -2.12. The second-order valence-corrected chi connectivity index (χ2v) is 10.7. The van der Waals surface area contributed by atoms with E-state index in [2.05, 4.69) is 42.7 Å². The Balaban J connectivity index is 1.95. The molecule has 1 unspecified atom stereocenters. The van der Waals surface area contributed by atoms with Gasteiger partial charge in [0.1, 0.15) is 16.9 Å². The molecule has 3 aromatic heterocycles. The first-order valence-electron chi connectivity index (χ1n) is 13.3. The minimum absolute atomic E-state index is 0.211. The molecule has 35 heavy (non-hydrogen) atoms. The second kappa shape index (κ2) is 10.8. The van der Waals surface area contributed by atoms with Gasteiger partial charge in [-0.2, -0.15) is 0 Å². The zero-order valence-corrected chi connectivity index (χ0v) is 22.2. The topological polar surface area (TPSA) is 61.4 Å². The Kier molecular flexibility index (Phi) is 7.78. The van der Waals surface area contributed by atoms with Crippen LogP contribution < -0.4 is 4.74 Å². The molecule has 1 aromatic carbocycles. The Morgan fingerprint density at radius 1 is 1.03 bits per heavy atom. The number of imidazole rings is 1. The van der Waals surface area contributed by atoms with Crippen molar-refractivity contribution in [3.8, 4) is 5.75 Å². The van der Waals surface area contributed by atoms with Crippen molar-refractivity contribution in [2.24, 2.45) is 17.8 Å². The third-order valence-corrected chi connectivity index (χ3v) is 6.68. The highest BCUT2D eigenvalue weighted by atomic mass is 16.5. The first kappa shape index (κ1) is 25.2. The summed E-state index contributed by atoms with van der Waals surface area (Å²) >= 11 is 0. The number of benzene rings is 1. The monoisotopic (exact) mass is 476 g/mol. The van der Waals surface area contributed by atoms with Crippen molar-refractivity contribution in [3.63, 3.8) is 0 Å². The third kappa shape index (κ3) is 5.36. The molecule has 6 nitrogen and oxygen atoms in total. The van der Waals surface area contributed by atoms with Crippen LogP contribution in [0.15, 0.2) is 30.5 Å². The molecule has 0 N–H and O–H groups in total. The van der Waals surface area contributed by atoms with Crippen LogP contribution in [-0.2, 0) is 17.8 Å². The van der Waals surface area contributed by atoms with Crippen molar-refractivity contribution in [2.75, 3.05) is 0 Å². The second-order valence-electron chi connectivity index (χ2n) is 10.7. The lowest BCUT2D eigenvalue weighted by atomic mass is 9.99. The summed E-state index contributed by atoms with van der Waals surface area (Å²) in [6.45, 7) is 13.8. The molecule has 0 fully saturated rings. The zero-order valence-electron chi connectivity index (χ0n) is 22.2. The molecule has 3 heterocycles. The number of esters is 1. The largest absolute Gasteiger partial charge is 0.424 e. The molecule has 6 heteroatoms. The van der Waals surface area contributed by atoms with Crippen molar-refractivity contribution in [3.05, 3.63) is 36.3 Å². The van der Waals surface area contributed by atoms with Gasteiger partial charge < -0.3 is 9.30 Å². The van der Waals surface area contributed by atoms with Crippen molar-refractivity contribution in [1.29, 1.82) is 0 Å². The normalized spacial score (nSPS) is 13.0. The van der Waals surface area contributed by atoms with Crippen molar-refractivity contribution in [1.82, 2.24) is 18.9 Å². The maximum atomic E-state index is 12.7. The lowest BCUT2D eigenvalue weighted by Gasteiger charge is -2.16. The van der Waals surface area contributed by atoms with E-state index in [-0.39, 0.29) is 11.9 Å². The quantitative estimate of drug-likeness (QED) is 0.215. The molecule has 0 spiro atoms. The van der Waals surface area contributed by atoms with Crippen LogP contribution in [0.1, 0.15) is 79.5 Å². The minimum atomic E-state index is -0.211. The Hall–Kier alpha value is -2.89. The number of fused-ring (bicyclic) bond motifs is 5. The van der Waals surface area contributed by atoms with Crippen LogP contribution in [-0.4, -0.2) is 24.9 Å². The van der Waals surface area contributed by atoms with Crippen LogP contribution >= 0.6 is 0 Å². The molecule has 0 aliphatic rings. The Morgan fingerprint density at radius 2 is 1.80 bits per heavy atom. The van der Waals surface area contributed by atoms with Crippen molar-refractivity contribution < 1.29 is 9.53 Å². The average molecular weight is 477 g/mol. The average Bonchev–Trinajstić information content (AvgIpc) is 3.34. The highest BCUT2D eigenvalue weighted by Crippen LogP contribution is 2.35. The van der Waals surface area contributed by atoms with Gasteiger partial charge in [-0.1, -0.05) is 72.9 Å². The van der Waals surface area contributed by atoms with Crippen LogP contribution in [0, 0.1) is 17.8 Å². The number of hydrogen-bond donors (Lipinski definition) is 0. The van der Waals surface area contributed by atoms with E-state index in [1.54, 1.807) is 0 Å². The summed E-state index contributed by atoms with van der Waals surface area (Å²) in [6, 6.07) is 8.17. The van der Waals surface area contributed by atoms with E-state index in [0.717, 1.165) is 52.9 Å². The first-order valence-corrected chi connectivity index (χ1v) is 13.3. The molecular formula is C29H40N4O2. The number of unbranched alkanes of at least 4 members (excludes halogenated alkanes) is 1. The molecule has 0 saturated carbocycles. The molecule has 4 rings (SSSR count). The van der Waals surface area contributed by atoms with E-state index in [1.165, 1.54) is 19.3 Å². The number of aromatic nitrogens is 4. The van der Waals surface area contributed by atoms with Gasteiger partial charge in [-0.15, -0.1) is 0 Å². The molecule has 4 aromatic rings. The first-order chi connectivity index (χ1) is 16.8. The molecule has 0 aliphatic heterocycles. The Labute approximate surface area is 208 Å². The summed E-state index contributed by atoms with van der Waals surface area (Å²) in [7, 11) is 0. The van der Waals surface area contributed by atoms with Crippen LogP contribution in [0.3, 0.4) is 0 Å². The molecule has 188 valence electrons. The summed E-state index contributed by atoms with van der Waals surface area (Å²) in [5.41, 5.74) is 3.65. The molecule has 0 amide bonds. The molecule has 0 aliphatic carbocycles. The van der Waals surface area contributed by atoms with Gasteiger partial charge in [0.15, 0.2) is 11.4 Å². The van der Waals surface area contributed by atoms with E-state index in [1.807, 2.05) is 38.2 Å². The number of hydrogen-bond acceptors (Lipinski definition) is 4. The summed E-state index contributed by atoms with van der Waals surface area (Å²) < 4.78 is 10.4. The van der Waals surface area contributed by atoms with E-state index in [0.29, 0.717) is 24.0 Å². The fourth-order valence-electron chi connectivity index (χ4n) is 4.89. The van der Waals surface area contributed by atoms with E-state index in [9.17, 15) is 4.79 Å². The highest BCUT2D eigenvalue weighted by molar-refractivity contribution is 6.01. The highest BCUT2D eigenvalue weighted by Gasteiger charge is 2.24. The fraction of sp³-hybridized carbons (Fsp3) is 0.552. The van der Waals surface area contributed by atoms with Crippen LogP contribution in [0.5, 0.6) is 5.75 Å². The SMILES string of the molecule is CCCCC(CC)Cn1cc(OC(=O)CC(C)C)c2c1nc(CC(C)C)n1c3ccccc3nc21. The molecule has 0 radical (unpaired) electrons. The standard InChI is InChI=1S/C29H40N4O2/c1-7-9-12-21(8-2)17-32-18-24(35-26(34)16-20(5)6)27-28(32)31-25(15-19(3)4)33-23-14-11-10-13-22(23)30-29(27)33/h10-11,13-14,18-21H,7-9,12,15-17H2,1-6H3. The summed E-state index contributed by atoms with van der Waals surface area (Å²) in [5.74, 6) is 2.59. The summed E-state index contributed by atoms with van der Waals surface area (Å²) in [5, 5.41) is 0.830. The lowest BCUT2D eigenvalue weighted by molar-refractivity contribution is -0.135. The summed E-state index contributed by atoms with van der Waals surface area (Å²) in [4.78, 5) is 23.0. The predicted molar refractivity (Wildman–Crippen MR) is 143 cm³/mol. The van der Waals surface area contributed by atoms with Crippen LogP contribution in [0.4, 0.5) is 0 Å². The summed E-state index contributed by atoms with van der Waals surface area (Å²) in [6.07, 6.45) is 7.91. The number of rotatable bonds is 11. The van der Waals surface area contributed by atoms with Gasteiger partial charge in [-0.25, -0.2) is 9.97 Å². The maximum absolute atomic E-state index is 12.7. The number of carbonyl (C=O) groups is 1. The number of nitrogens with zero attached hydrogens (tertiary/aromatic N) is 4. The molecule has 0 bridgehead atoms. The van der Waals surface area contributed by atoms with Gasteiger partial charge in [0.2, 0.25) is 0 Å². The number of ether oxygens (including phenoxy) is 1. The Bertz CT molecular complexity index is 1310. The van der Waals surface area contributed by atoms with E-state index in [4.69, 9.17) is 14.7 Å². The maximum Gasteiger partial charge on any atom is 0.311 e. The van der Waals surface area contributed by atoms with Gasteiger partial charge in [0.05, 0.1) is 11.0 Å². The zero-order chi connectivity index (χ0) is 25.1. The molecular weight excluding hydrogens is 436 g/mol. The van der Waals surface area contributed by atoms with Gasteiger partial charge in [0.25, 0.3) is 0 Å². The van der Waals surface area contributed by atoms with Gasteiger partial charge in [0, 0.05) is 25.6 Å². The van der Waals surface area contributed by atoms with Gasteiger partial charge in [-0.3, -0.25) is 9.20 Å². The predicted octanol–water partition coefficient (Wildman–Crippen LogP) is 7.20. The van der Waals surface area contributed by atoms with E-state index < -0.39 is 0 Å². The van der Waals surface area contributed by atoms with Crippen LogP contribution in [0.2, 0.25) is 0 Å². The minimum Gasteiger partial charge on any atom is -0.424 e. The fourth-order valence-corrected chi connectivity index (χ4v) is 4.89. The van der Waals surface area contributed by atoms with Crippen LogP contribution in [0.25, 0.3) is 27.7 Å². The molecule has 1 atom stereocenters. The van der Waals surface area contributed by atoms with Crippen molar-refractivity contribution in [2.45, 2.75) is 86.6 Å². The van der Waals surface area contributed by atoms with Gasteiger partial charge in [-0.05, 0) is 36.3 Å². The van der Waals surface area contributed by atoms with Crippen molar-refractivity contribution >= 4 is 33.7 Å². The smallest absolute Gasteiger partial charge is 0.311 e.